The Morgan fingerprint density at radius 2 is 1.71 bits per heavy atom. The molecule has 24 heavy (non-hydrogen) atoms. The van der Waals surface area contributed by atoms with Gasteiger partial charge in [-0.15, -0.1) is 0 Å². The van der Waals surface area contributed by atoms with Gasteiger partial charge in [0, 0.05) is 11.6 Å². The average molecular weight is 326 g/mol. The summed E-state index contributed by atoms with van der Waals surface area (Å²) in [6.07, 6.45) is 0.733. The summed E-state index contributed by atoms with van der Waals surface area (Å²) in [5.74, 6) is 8.19. The minimum atomic E-state index is 0.141. The van der Waals surface area contributed by atoms with Gasteiger partial charge in [0.2, 0.25) is 0 Å². The number of aldehydes is 1. The van der Waals surface area contributed by atoms with E-state index in [1.165, 1.54) is 0 Å². The molecule has 0 N–H and O–H groups in total. The van der Waals surface area contributed by atoms with E-state index >= 15 is 0 Å². The molecule has 0 atom stereocenters. The van der Waals surface area contributed by atoms with Gasteiger partial charge in [-0.05, 0) is 30.3 Å². The first-order chi connectivity index (χ1) is 11.7. The van der Waals surface area contributed by atoms with Crippen molar-refractivity contribution in [3.63, 3.8) is 0 Å². The largest absolute Gasteiger partial charge is 0.497 e. The molecule has 0 unspecified atom stereocenters. The second-order valence-corrected chi connectivity index (χ2v) is 4.68. The van der Waals surface area contributed by atoms with E-state index in [2.05, 4.69) is 11.8 Å². The van der Waals surface area contributed by atoms with Crippen molar-refractivity contribution in [3.8, 4) is 34.8 Å². The molecule has 0 spiro atoms. The molecular formula is C19H18O5. The van der Waals surface area contributed by atoms with Gasteiger partial charge in [0.1, 0.15) is 18.1 Å². The van der Waals surface area contributed by atoms with Gasteiger partial charge in [0.15, 0.2) is 17.8 Å². The summed E-state index contributed by atoms with van der Waals surface area (Å²) in [5.41, 5.74) is 1.22. The van der Waals surface area contributed by atoms with E-state index in [0.29, 0.717) is 28.6 Å². The lowest BCUT2D eigenvalue weighted by Gasteiger charge is -2.07. The maximum absolute atomic E-state index is 11.0. The van der Waals surface area contributed by atoms with E-state index in [1.54, 1.807) is 51.7 Å². The maximum Gasteiger partial charge on any atom is 0.161 e. The van der Waals surface area contributed by atoms with E-state index < -0.39 is 0 Å². The van der Waals surface area contributed by atoms with Gasteiger partial charge in [-0.2, -0.15) is 0 Å². The van der Waals surface area contributed by atoms with Gasteiger partial charge in [0.05, 0.1) is 26.9 Å². The van der Waals surface area contributed by atoms with Crippen molar-refractivity contribution in [2.75, 3.05) is 27.9 Å². The lowest BCUT2D eigenvalue weighted by atomic mass is 10.2. The fraction of sp³-hybridized carbons (Fsp3) is 0.211. The zero-order valence-corrected chi connectivity index (χ0v) is 13.8. The van der Waals surface area contributed by atoms with E-state index in [1.807, 2.05) is 6.07 Å². The van der Waals surface area contributed by atoms with Crippen LogP contribution in [0.5, 0.6) is 23.0 Å². The van der Waals surface area contributed by atoms with Crippen LogP contribution in [-0.2, 0) is 0 Å². The summed E-state index contributed by atoms with van der Waals surface area (Å²) < 4.78 is 21.1. The lowest BCUT2D eigenvalue weighted by molar-refractivity contribution is 0.112. The Hall–Kier alpha value is -3.13. The molecular weight excluding hydrogens is 308 g/mol. The summed E-state index contributed by atoms with van der Waals surface area (Å²) in [6.45, 7) is 0.141. The number of benzene rings is 2. The van der Waals surface area contributed by atoms with Gasteiger partial charge in [0.25, 0.3) is 0 Å². The number of carbonyl (C=O) groups excluding carboxylic acids is 1. The van der Waals surface area contributed by atoms with E-state index in [-0.39, 0.29) is 6.61 Å². The summed E-state index contributed by atoms with van der Waals surface area (Å²) in [6, 6.07) is 10.4. The van der Waals surface area contributed by atoms with E-state index in [4.69, 9.17) is 18.9 Å². The molecule has 0 heterocycles. The molecule has 0 radical (unpaired) electrons. The highest BCUT2D eigenvalue weighted by molar-refractivity contribution is 5.79. The molecule has 5 nitrogen and oxygen atoms in total. The molecule has 0 saturated heterocycles. The molecule has 0 bridgehead atoms. The minimum Gasteiger partial charge on any atom is -0.497 e. The standard InChI is InChI=1S/C19H18O5/c1-21-16-8-7-15(13-20)18(12-16)24-10-4-5-14-6-9-17(22-2)19(11-14)23-3/h6-9,11-13H,10H2,1-3H3. The number of hydrogen-bond donors (Lipinski definition) is 0. The molecule has 2 aromatic carbocycles. The molecule has 0 saturated carbocycles. The Kier molecular flexibility index (Phi) is 6.09. The Balaban J connectivity index is 2.08. The molecule has 0 fully saturated rings. The van der Waals surface area contributed by atoms with Crippen LogP contribution < -0.4 is 18.9 Å². The fourth-order valence-corrected chi connectivity index (χ4v) is 2.03. The SMILES string of the molecule is COc1ccc(C=O)c(OCC#Cc2ccc(OC)c(OC)c2)c1. The van der Waals surface area contributed by atoms with Gasteiger partial charge in [-0.25, -0.2) is 0 Å². The number of methoxy groups -OCH3 is 3. The van der Waals surface area contributed by atoms with Crippen molar-refractivity contribution in [2.24, 2.45) is 0 Å². The number of rotatable bonds is 6. The molecule has 124 valence electrons. The zero-order chi connectivity index (χ0) is 17.4. The van der Waals surface area contributed by atoms with Crippen LogP contribution in [-0.4, -0.2) is 34.2 Å². The second-order valence-electron chi connectivity index (χ2n) is 4.68. The Labute approximate surface area is 141 Å². The smallest absolute Gasteiger partial charge is 0.161 e. The van der Waals surface area contributed by atoms with E-state index in [0.717, 1.165) is 11.8 Å². The third-order valence-corrected chi connectivity index (χ3v) is 3.26. The summed E-state index contributed by atoms with van der Waals surface area (Å²) in [7, 11) is 4.70. The molecule has 0 amide bonds. The number of ether oxygens (including phenoxy) is 4. The highest BCUT2D eigenvalue weighted by atomic mass is 16.5. The first-order valence-corrected chi connectivity index (χ1v) is 7.18. The molecule has 2 aromatic rings. The van der Waals surface area contributed by atoms with Crippen molar-refractivity contribution < 1.29 is 23.7 Å². The first-order valence-electron chi connectivity index (χ1n) is 7.18. The molecule has 0 aliphatic carbocycles. The number of carbonyl (C=O) groups is 1. The zero-order valence-electron chi connectivity index (χ0n) is 13.8. The fourth-order valence-electron chi connectivity index (χ4n) is 2.03. The van der Waals surface area contributed by atoms with E-state index in [9.17, 15) is 4.79 Å². The van der Waals surface area contributed by atoms with Crippen molar-refractivity contribution in [2.45, 2.75) is 0 Å². The average Bonchev–Trinajstić information content (AvgIpc) is 2.64. The quantitative estimate of drug-likeness (QED) is 0.603. The first kappa shape index (κ1) is 17.2. The Bertz CT molecular complexity index is 771. The van der Waals surface area contributed by atoms with Crippen molar-refractivity contribution >= 4 is 6.29 Å². The van der Waals surface area contributed by atoms with Crippen LogP contribution in [0.1, 0.15) is 15.9 Å². The minimum absolute atomic E-state index is 0.141. The van der Waals surface area contributed by atoms with Crippen LogP contribution in [0.3, 0.4) is 0 Å². The highest BCUT2D eigenvalue weighted by Crippen LogP contribution is 2.27. The number of hydrogen-bond acceptors (Lipinski definition) is 5. The Morgan fingerprint density at radius 3 is 2.38 bits per heavy atom. The summed E-state index contributed by atoms with van der Waals surface area (Å²) >= 11 is 0. The molecule has 0 aromatic heterocycles. The van der Waals surface area contributed by atoms with Gasteiger partial charge >= 0.3 is 0 Å². The van der Waals surface area contributed by atoms with Crippen LogP contribution in [0.2, 0.25) is 0 Å². The normalized spacial score (nSPS) is 9.46. The van der Waals surface area contributed by atoms with Gasteiger partial charge < -0.3 is 18.9 Å². The van der Waals surface area contributed by atoms with Crippen LogP contribution in [0.4, 0.5) is 0 Å². The van der Waals surface area contributed by atoms with Gasteiger partial charge in [-0.3, -0.25) is 4.79 Å². The predicted octanol–water partition coefficient (Wildman–Crippen LogP) is 2.96. The highest BCUT2D eigenvalue weighted by Gasteiger charge is 2.05. The Morgan fingerprint density at radius 1 is 0.917 bits per heavy atom. The summed E-state index contributed by atoms with van der Waals surface area (Å²) in [5, 5.41) is 0. The second kappa shape index (κ2) is 8.49. The van der Waals surface area contributed by atoms with Crippen molar-refractivity contribution in [3.05, 3.63) is 47.5 Å². The van der Waals surface area contributed by atoms with Crippen LogP contribution >= 0.6 is 0 Å². The van der Waals surface area contributed by atoms with Crippen molar-refractivity contribution in [1.29, 1.82) is 0 Å². The van der Waals surface area contributed by atoms with Crippen LogP contribution in [0, 0.1) is 11.8 Å². The summed E-state index contributed by atoms with van der Waals surface area (Å²) in [4.78, 5) is 11.0. The molecule has 2 rings (SSSR count). The maximum atomic E-state index is 11.0. The lowest BCUT2D eigenvalue weighted by Crippen LogP contribution is -1.98. The predicted molar refractivity (Wildman–Crippen MR) is 90.3 cm³/mol. The third-order valence-electron chi connectivity index (χ3n) is 3.26. The third kappa shape index (κ3) is 4.20. The van der Waals surface area contributed by atoms with Crippen LogP contribution in [0.15, 0.2) is 36.4 Å². The molecule has 5 heteroatoms. The monoisotopic (exact) mass is 326 g/mol. The van der Waals surface area contributed by atoms with Gasteiger partial charge in [-0.1, -0.05) is 11.8 Å². The molecule has 0 aliphatic heterocycles. The topological polar surface area (TPSA) is 54.0 Å². The van der Waals surface area contributed by atoms with Crippen molar-refractivity contribution in [1.82, 2.24) is 0 Å². The van der Waals surface area contributed by atoms with Crippen LogP contribution in [0.25, 0.3) is 0 Å². The molecule has 0 aliphatic rings.